The highest BCUT2D eigenvalue weighted by molar-refractivity contribution is 6.25. The molecular formula is C63H63N5O9. The SMILES string of the molecule is C[C@@H](NC(=O)N1C(=O)[C@@]2(c3cc(C#CC4(O)CCCCCC4)ccc31)[C@H](C(=O)Nc1ccc(N3CCOCC3)cc1)[C@H]1C(=O)O[C@H](c3ccccc3)[C@H](c3ccccc3)N1[C@@H]2c1cccc(OCCO)c1)c1ccccc1. The van der Waals surface area contributed by atoms with E-state index in [4.69, 9.17) is 14.2 Å². The maximum absolute atomic E-state index is 17.0. The van der Waals surface area contributed by atoms with Crippen molar-refractivity contribution < 1.29 is 43.6 Å². The molecule has 77 heavy (non-hydrogen) atoms. The Balaban J connectivity index is 1.17. The standard InChI is InChI=1S/C63H63N5O9/c1-42(44-16-7-4-8-17-44)64-61(73)67-52-29-24-43(30-33-62(74)31-13-2-3-14-32-62)40-51(52)63(60(67)72)53(58(70)65-48-25-27-49(28-26-48)66-34-37-75-38-35-66)55-59(71)77-56(46-20-11-6-12-21-46)54(45-18-9-5-10-19-45)68(55)57(63)47-22-15-23-50(41-47)76-39-36-69/h4-12,15-29,40-42,53-57,69,74H,2-3,13-14,31-32,34-39H2,1H3,(H,64,73)(H,65,70)/t42-,53+,54+,55+,56-,57-,63+/m1/s1. The third-order valence-corrected chi connectivity index (χ3v) is 16.0. The lowest BCUT2D eigenvalue weighted by atomic mass is 9.65. The molecule has 0 unspecified atom stereocenters. The van der Waals surface area contributed by atoms with Crippen LogP contribution in [0.25, 0.3) is 0 Å². The number of imide groups is 1. The molecule has 14 heteroatoms. The number of nitrogens with zero attached hydrogens (tertiary/aromatic N) is 3. The summed E-state index contributed by atoms with van der Waals surface area (Å²) in [7, 11) is 0. The molecular weight excluding hydrogens is 971 g/mol. The number of carbonyl (C=O) groups is 4. The molecule has 14 nitrogen and oxygen atoms in total. The Morgan fingerprint density at radius 1 is 0.766 bits per heavy atom. The van der Waals surface area contributed by atoms with Crippen LogP contribution in [0.1, 0.15) is 103 Å². The first kappa shape index (κ1) is 51.3. The highest BCUT2D eigenvalue weighted by Gasteiger charge is 2.75. The summed E-state index contributed by atoms with van der Waals surface area (Å²) in [4.78, 5) is 69.6. The van der Waals surface area contributed by atoms with Gasteiger partial charge in [0.1, 0.15) is 35.5 Å². The fraction of sp³-hybridized carbons (Fsp3) is 0.333. The van der Waals surface area contributed by atoms with E-state index in [1.165, 1.54) is 0 Å². The van der Waals surface area contributed by atoms with E-state index in [0.717, 1.165) is 47.4 Å². The van der Waals surface area contributed by atoms with Crippen molar-refractivity contribution in [1.82, 2.24) is 10.2 Å². The molecule has 1 saturated carbocycles. The lowest BCUT2D eigenvalue weighted by molar-refractivity contribution is -0.177. The number of ether oxygens (including phenoxy) is 3. The molecule has 1 aliphatic carbocycles. The van der Waals surface area contributed by atoms with E-state index in [1.807, 2.05) is 121 Å². The monoisotopic (exact) mass is 1030 g/mol. The van der Waals surface area contributed by atoms with Crippen molar-refractivity contribution in [2.24, 2.45) is 5.92 Å². The maximum atomic E-state index is 17.0. The van der Waals surface area contributed by atoms with E-state index >= 15 is 19.2 Å². The van der Waals surface area contributed by atoms with Gasteiger partial charge in [-0.05, 0) is 115 Å². The molecule has 6 aromatic rings. The molecule has 7 atom stereocenters. The molecule has 5 aliphatic rings. The fourth-order valence-electron chi connectivity index (χ4n) is 12.4. The number of hydrogen-bond donors (Lipinski definition) is 4. The summed E-state index contributed by atoms with van der Waals surface area (Å²) in [6.45, 7) is 4.13. The van der Waals surface area contributed by atoms with E-state index in [-0.39, 0.29) is 18.9 Å². The zero-order valence-electron chi connectivity index (χ0n) is 43.1. The number of fused-ring (bicyclic) bond motifs is 3. The molecule has 0 radical (unpaired) electrons. The molecule has 1 spiro atoms. The van der Waals surface area contributed by atoms with E-state index < -0.39 is 71.0 Å². The van der Waals surface area contributed by atoms with Crippen LogP contribution in [-0.2, 0) is 29.3 Å². The number of rotatable bonds is 11. The molecule has 4 aliphatic heterocycles. The van der Waals surface area contributed by atoms with Crippen molar-refractivity contribution in [3.63, 3.8) is 0 Å². The second kappa shape index (κ2) is 22.0. The van der Waals surface area contributed by atoms with Crippen molar-refractivity contribution in [2.45, 2.75) is 86.7 Å². The van der Waals surface area contributed by atoms with Crippen LogP contribution in [-0.4, -0.2) is 90.1 Å². The molecule has 3 saturated heterocycles. The summed E-state index contributed by atoms with van der Waals surface area (Å²) in [6.07, 6.45) is 3.73. The Kier molecular flexibility index (Phi) is 14.7. The number of benzene rings is 6. The normalized spacial score (nSPS) is 24.1. The van der Waals surface area contributed by atoms with Crippen LogP contribution in [0.4, 0.5) is 21.9 Å². The molecule has 4 heterocycles. The minimum Gasteiger partial charge on any atom is -0.491 e. The van der Waals surface area contributed by atoms with Crippen molar-refractivity contribution in [3.8, 4) is 17.6 Å². The van der Waals surface area contributed by atoms with Gasteiger partial charge in [0, 0.05) is 30.0 Å². The Labute approximate surface area is 448 Å². The van der Waals surface area contributed by atoms with Gasteiger partial charge in [0.05, 0.1) is 49.6 Å². The number of urea groups is 1. The average molecular weight is 1030 g/mol. The van der Waals surface area contributed by atoms with E-state index in [0.29, 0.717) is 72.8 Å². The van der Waals surface area contributed by atoms with Gasteiger partial charge in [-0.2, -0.15) is 0 Å². The summed E-state index contributed by atoms with van der Waals surface area (Å²) in [5, 5.41) is 28.1. The number of esters is 1. The molecule has 4 fully saturated rings. The van der Waals surface area contributed by atoms with Crippen LogP contribution >= 0.6 is 0 Å². The van der Waals surface area contributed by atoms with Gasteiger partial charge in [0.25, 0.3) is 0 Å². The van der Waals surface area contributed by atoms with Gasteiger partial charge < -0.3 is 40.0 Å². The van der Waals surface area contributed by atoms with Crippen LogP contribution in [0.2, 0.25) is 0 Å². The van der Waals surface area contributed by atoms with Gasteiger partial charge in [-0.15, -0.1) is 0 Å². The smallest absolute Gasteiger partial charge is 0.329 e. The Morgan fingerprint density at radius 2 is 1.43 bits per heavy atom. The van der Waals surface area contributed by atoms with Gasteiger partial charge in [-0.3, -0.25) is 19.3 Å². The Morgan fingerprint density at radius 3 is 2.12 bits per heavy atom. The highest BCUT2D eigenvalue weighted by atomic mass is 16.6. The molecule has 6 aromatic carbocycles. The maximum Gasteiger partial charge on any atom is 0.329 e. The summed E-state index contributed by atoms with van der Waals surface area (Å²) >= 11 is 0. The molecule has 11 rings (SSSR count). The fourth-order valence-corrected chi connectivity index (χ4v) is 12.4. The number of aliphatic hydroxyl groups is 2. The first-order chi connectivity index (χ1) is 37.6. The number of cyclic esters (lactones) is 1. The third-order valence-electron chi connectivity index (χ3n) is 16.0. The Hall–Kier alpha value is -7.80. The van der Waals surface area contributed by atoms with Gasteiger partial charge in [-0.25, -0.2) is 9.69 Å². The lowest BCUT2D eigenvalue weighted by Crippen LogP contribution is -2.55. The minimum absolute atomic E-state index is 0.0281. The van der Waals surface area contributed by atoms with E-state index in [2.05, 4.69) is 27.4 Å². The second-order valence-corrected chi connectivity index (χ2v) is 20.7. The molecule has 394 valence electrons. The van der Waals surface area contributed by atoms with Gasteiger partial charge in [-0.1, -0.05) is 128 Å². The number of morpholine rings is 2. The van der Waals surface area contributed by atoms with Gasteiger partial charge >= 0.3 is 12.0 Å². The number of carbonyl (C=O) groups excluding carboxylic acids is 4. The number of aliphatic hydroxyl groups excluding tert-OH is 1. The van der Waals surface area contributed by atoms with Crippen LogP contribution in [0.3, 0.4) is 0 Å². The average Bonchev–Trinajstić information content (AvgIpc) is 3.90. The molecule has 0 bridgehead atoms. The first-order valence-electron chi connectivity index (χ1n) is 26.8. The minimum atomic E-state index is -2.09. The van der Waals surface area contributed by atoms with Crippen LogP contribution in [0.15, 0.2) is 158 Å². The van der Waals surface area contributed by atoms with E-state index in [1.54, 1.807) is 48.5 Å². The number of anilines is 3. The Bertz CT molecular complexity index is 3170. The highest BCUT2D eigenvalue weighted by Crippen LogP contribution is 2.66. The summed E-state index contributed by atoms with van der Waals surface area (Å²) in [5.74, 6) is 3.16. The number of amides is 4. The topological polar surface area (TPSA) is 170 Å². The molecule has 0 aromatic heterocycles. The predicted octanol–water partition coefficient (Wildman–Crippen LogP) is 9.11. The lowest BCUT2D eigenvalue weighted by Gasteiger charge is -2.46. The van der Waals surface area contributed by atoms with Crippen molar-refractivity contribution in [3.05, 3.63) is 191 Å². The largest absolute Gasteiger partial charge is 0.491 e. The quantitative estimate of drug-likeness (QED) is 0.0555. The van der Waals surface area contributed by atoms with Crippen LogP contribution in [0, 0.1) is 17.8 Å². The van der Waals surface area contributed by atoms with Crippen molar-refractivity contribution in [2.75, 3.05) is 54.6 Å². The number of hydrogen-bond acceptors (Lipinski definition) is 11. The van der Waals surface area contributed by atoms with Crippen LogP contribution in [0.5, 0.6) is 5.75 Å². The molecule has 4 amide bonds. The zero-order valence-corrected chi connectivity index (χ0v) is 43.1. The van der Waals surface area contributed by atoms with Crippen molar-refractivity contribution in [1.29, 1.82) is 0 Å². The zero-order chi connectivity index (χ0) is 53.1. The van der Waals surface area contributed by atoms with Gasteiger partial charge in [0.2, 0.25) is 11.8 Å². The second-order valence-electron chi connectivity index (χ2n) is 20.7. The summed E-state index contributed by atoms with van der Waals surface area (Å²) in [5.41, 5.74) is 1.73. The van der Waals surface area contributed by atoms with Crippen LogP contribution < -0.4 is 25.2 Å². The predicted molar refractivity (Wildman–Crippen MR) is 292 cm³/mol. The van der Waals surface area contributed by atoms with Crippen molar-refractivity contribution >= 4 is 40.9 Å². The molecule has 4 N–H and O–H groups in total. The van der Waals surface area contributed by atoms with E-state index in [9.17, 15) is 10.2 Å². The summed E-state index contributed by atoms with van der Waals surface area (Å²) in [6, 6.07) is 43.5. The third kappa shape index (κ3) is 9.85. The van der Waals surface area contributed by atoms with Gasteiger partial charge in [0.15, 0.2) is 0 Å². The number of nitrogens with one attached hydrogen (secondary N) is 2. The summed E-state index contributed by atoms with van der Waals surface area (Å²) < 4.78 is 18.4. The first-order valence-corrected chi connectivity index (χ1v) is 26.8.